The van der Waals surface area contributed by atoms with E-state index in [1.807, 2.05) is 19.1 Å². The lowest BCUT2D eigenvalue weighted by Gasteiger charge is -2.43. The molecule has 2 N–H and O–H groups in total. The van der Waals surface area contributed by atoms with Crippen LogP contribution in [0.4, 0.5) is 4.39 Å². The summed E-state index contributed by atoms with van der Waals surface area (Å²) in [5.74, 6) is 0.565. The molecule has 1 unspecified atom stereocenters. The predicted molar refractivity (Wildman–Crippen MR) is 80.1 cm³/mol. The highest BCUT2D eigenvalue weighted by Crippen LogP contribution is 2.37. The molecule has 1 fully saturated rings. The molecule has 0 heterocycles. The van der Waals surface area contributed by atoms with Gasteiger partial charge in [-0.3, -0.25) is 0 Å². The Morgan fingerprint density at radius 1 is 1.30 bits per heavy atom. The first-order chi connectivity index (χ1) is 9.55. The van der Waals surface area contributed by atoms with Gasteiger partial charge in [0.1, 0.15) is 5.82 Å². The van der Waals surface area contributed by atoms with Gasteiger partial charge in [-0.25, -0.2) is 4.39 Å². The minimum Gasteiger partial charge on any atom is -0.374 e. The zero-order valence-corrected chi connectivity index (χ0v) is 12.6. The monoisotopic (exact) mass is 279 g/mol. The summed E-state index contributed by atoms with van der Waals surface area (Å²) in [6, 6.07) is 6.61. The highest BCUT2D eigenvalue weighted by Gasteiger charge is 2.40. The molecule has 0 amide bonds. The van der Waals surface area contributed by atoms with E-state index >= 15 is 0 Å². The molecule has 1 aliphatic rings. The van der Waals surface area contributed by atoms with Crippen LogP contribution in [0.3, 0.4) is 0 Å². The summed E-state index contributed by atoms with van der Waals surface area (Å²) in [6.45, 7) is 5.03. The van der Waals surface area contributed by atoms with Gasteiger partial charge in [0.15, 0.2) is 0 Å². The maximum absolute atomic E-state index is 13.0. The predicted octanol–water partition coefficient (Wildman–Crippen LogP) is 3.68. The van der Waals surface area contributed by atoms with Gasteiger partial charge in [-0.05, 0) is 62.6 Å². The van der Waals surface area contributed by atoms with Crippen LogP contribution >= 0.6 is 0 Å². The number of rotatable bonds is 5. The molecule has 112 valence electrons. The maximum atomic E-state index is 13.0. The van der Waals surface area contributed by atoms with Crippen molar-refractivity contribution in [3.05, 3.63) is 35.6 Å². The Morgan fingerprint density at radius 2 is 1.90 bits per heavy atom. The third-order valence-electron chi connectivity index (χ3n) is 4.60. The van der Waals surface area contributed by atoms with Crippen LogP contribution in [0.15, 0.2) is 24.3 Å². The molecule has 2 nitrogen and oxygen atoms in total. The molecule has 0 spiro atoms. The maximum Gasteiger partial charge on any atom is 0.123 e. The quantitative estimate of drug-likeness (QED) is 0.892. The van der Waals surface area contributed by atoms with Crippen molar-refractivity contribution in [2.45, 2.75) is 57.6 Å². The van der Waals surface area contributed by atoms with E-state index in [-0.39, 0.29) is 17.5 Å². The van der Waals surface area contributed by atoms with Crippen LogP contribution in [0.2, 0.25) is 0 Å². The molecule has 0 bridgehead atoms. The van der Waals surface area contributed by atoms with E-state index in [0.717, 1.165) is 30.7 Å². The number of benzene rings is 1. The van der Waals surface area contributed by atoms with E-state index in [2.05, 4.69) is 6.92 Å². The fourth-order valence-corrected chi connectivity index (χ4v) is 3.22. The first-order valence-corrected chi connectivity index (χ1v) is 7.70. The SMILES string of the molecule is CCOC1(C(N)Cc2ccc(F)cc2)CCC(C)CC1. The van der Waals surface area contributed by atoms with Gasteiger partial charge in [0.25, 0.3) is 0 Å². The van der Waals surface area contributed by atoms with Gasteiger partial charge < -0.3 is 10.5 Å². The van der Waals surface area contributed by atoms with Crippen molar-refractivity contribution in [2.75, 3.05) is 6.61 Å². The lowest BCUT2D eigenvalue weighted by molar-refractivity contribution is -0.0883. The first-order valence-electron chi connectivity index (χ1n) is 7.70. The molecular weight excluding hydrogens is 253 g/mol. The van der Waals surface area contributed by atoms with E-state index in [1.165, 1.54) is 25.0 Å². The van der Waals surface area contributed by atoms with Gasteiger partial charge in [0.05, 0.1) is 5.60 Å². The Hall–Kier alpha value is -0.930. The topological polar surface area (TPSA) is 35.2 Å². The second kappa shape index (κ2) is 6.68. The van der Waals surface area contributed by atoms with Gasteiger partial charge >= 0.3 is 0 Å². The number of nitrogens with two attached hydrogens (primary N) is 1. The lowest BCUT2D eigenvalue weighted by Crippen LogP contribution is -2.53. The van der Waals surface area contributed by atoms with E-state index < -0.39 is 0 Å². The molecule has 1 aromatic rings. The van der Waals surface area contributed by atoms with Crippen LogP contribution in [0.25, 0.3) is 0 Å². The molecule has 0 radical (unpaired) electrons. The molecule has 20 heavy (non-hydrogen) atoms. The number of ether oxygens (including phenoxy) is 1. The molecule has 1 aliphatic carbocycles. The molecule has 0 saturated heterocycles. The number of hydrogen-bond acceptors (Lipinski definition) is 2. The summed E-state index contributed by atoms with van der Waals surface area (Å²) in [7, 11) is 0. The minimum atomic E-state index is -0.201. The van der Waals surface area contributed by atoms with Gasteiger partial charge in [-0.1, -0.05) is 19.1 Å². The molecule has 2 rings (SSSR count). The van der Waals surface area contributed by atoms with Crippen molar-refractivity contribution in [2.24, 2.45) is 11.7 Å². The Bertz CT molecular complexity index is 410. The summed E-state index contributed by atoms with van der Waals surface area (Å²) >= 11 is 0. The molecule has 3 heteroatoms. The fourth-order valence-electron chi connectivity index (χ4n) is 3.22. The summed E-state index contributed by atoms with van der Waals surface area (Å²) < 4.78 is 19.0. The zero-order valence-electron chi connectivity index (χ0n) is 12.6. The summed E-state index contributed by atoms with van der Waals surface area (Å²) in [5.41, 5.74) is 7.35. The zero-order chi connectivity index (χ0) is 14.6. The summed E-state index contributed by atoms with van der Waals surface area (Å²) in [6.07, 6.45) is 5.16. The van der Waals surface area contributed by atoms with Gasteiger partial charge in [0, 0.05) is 12.6 Å². The van der Waals surface area contributed by atoms with Crippen molar-refractivity contribution in [3.63, 3.8) is 0 Å². The van der Waals surface area contributed by atoms with E-state index in [4.69, 9.17) is 10.5 Å². The van der Waals surface area contributed by atoms with Crippen LogP contribution in [0.5, 0.6) is 0 Å². The van der Waals surface area contributed by atoms with Crippen LogP contribution in [0.1, 0.15) is 45.1 Å². The number of halogens is 1. The lowest BCUT2D eigenvalue weighted by atomic mass is 9.74. The second-order valence-electron chi connectivity index (χ2n) is 6.12. The average Bonchev–Trinajstić information content (AvgIpc) is 2.44. The molecular formula is C17H26FNO. The van der Waals surface area contributed by atoms with E-state index in [1.54, 1.807) is 0 Å². The van der Waals surface area contributed by atoms with E-state index in [0.29, 0.717) is 6.61 Å². The summed E-state index contributed by atoms with van der Waals surface area (Å²) in [4.78, 5) is 0. The first kappa shape index (κ1) is 15.5. The molecule has 1 aromatic carbocycles. The minimum absolute atomic E-state index is 0.0274. The average molecular weight is 279 g/mol. The van der Waals surface area contributed by atoms with Crippen LogP contribution < -0.4 is 5.73 Å². The fraction of sp³-hybridized carbons (Fsp3) is 0.647. The largest absolute Gasteiger partial charge is 0.374 e. The Kier molecular flexibility index (Phi) is 5.17. The van der Waals surface area contributed by atoms with Gasteiger partial charge in [-0.2, -0.15) is 0 Å². The smallest absolute Gasteiger partial charge is 0.123 e. The molecule has 0 aromatic heterocycles. The van der Waals surface area contributed by atoms with E-state index in [9.17, 15) is 4.39 Å². The van der Waals surface area contributed by atoms with Crippen LogP contribution in [0, 0.1) is 11.7 Å². The van der Waals surface area contributed by atoms with Gasteiger partial charge in [-0.15, -0.1) is 0 Å². The Balaban J connectivity index is 2.06. The van der Waals surface area contributed by atoms with Crippen molar-refractivity contribution in [3.8, 4) is 0 Å². The Labute approximate surface area is 121 Å². The molecule has 0 aliphatic heterocycles. The normalized spacial score (nSPS) is 28.3. The Morgan fingerprint density at radius 3 is 2.45 bits per heavy atom. The van der Waals surface area contributed by atoms with Crippen molar-refractivity contribution in [1.29, 1.82) is 0 Å². The highest BCUT2D eigenvalue weighted by molar-refractivity contribution is 5.18. The molecule has 1 atom stereocenters. The van der Waals surface area contributed by atoms with Crippen molar-refractivity contribution >= 4 is 0 Å². The number of hydrogen-bond donors (Lipinski definition) is 1. The second-order valence-corrected chi connectivity index (χ2v) is 6.12. The van der Waals surface area contributed by atoms with Crippen molar-refractivity contribution < 1.29 is 9.13 Å². The third kappa shape index (κ3) is 3.58. The molecule has 1 saturated carbocycles. The standard InChI is InChI=1S/C17H26FNO/c1-3-20-17(10-8-13(2)9-11-17)16(19)12-14-4-6-15(18)7-5-14/h4-7,13,16H,3,8-12,19H2,1-2H3. The van der Waals surface area contributed by atoms with Crippen molar-refractivity contribution in [1.82, 2.24) is 0 Å². The third-order valence-corrected chi connectivity index (χ3v) is 4.60. The highest BCUT2D eigenvalue weighted by atomic mass is 19.1. The van der Waals surface area contributed by atoms with Crippen LogP contribution in [-0.2, 0) is 11.2 Å². The summed E-state index contributed by atoms with van der Waals surface area (Å²) in [5, 5.41) is 0. The van der Waals surface area contributed by atoms with Gasteiger partial charge in [0.2, 0.25) is 0 Å². The van der Waals surface area contributed by atoms with Crippen LogP contribution in [-0.4, -0.2) is 18.2 Å².